The molecular formula is C27H27NO6. The number of hydrogen-bond acceptors (Lipinski definition) is 6. The van der Waals surface area contributed by atoms with Crippen LogP contribution in [-0.4, -0.2) is 46.9 Å². The monoisotopic (exact) mass is 461 g/mol. The van der Waals surface area contributed by atoms with Gasteiger partial charge in [0.25, 0.3) is 0 Å². The lowest BCUT2D eigenvalue weighted by atomic mass is 10.1. The van der Waals surface area contributed by atoms with Crippen molar-refractivity contribution in [2.45, 2.75) is 38.1 Å². The molecule has 1 amide bonds. The maximum Gasteiger partial charge on any atom is 0.411 e. The predicted octanol–water partition coefficient (Wildman–Crippen LogP) is 3.70. The molecule has 7 nitrogen and oxygen atoms in total. The molecule has 0 spiro atoms. The lowest BCUT2D eigenvalue weighted by Crippen LogP contribution is -2.47. The number of esters is 1. The minimum Gasteiger partial charge on any atom is -0.459 e. The Balaban J connectivity index is 1.47. The molecule has 1 fully saturated rings. The summed E-state index contributed by atoms with van der Waals surface area (Å²) in [5.41, 5.74) is 2.52. The number of nitrogens with zero attached hydrogens (tertiary/aromatic N) is 1. The third-order valence-corrected chi connectivity index (χ3v) is 5.60. The molecule has 0 aromatic heterocycles. The first-order valence-electron chi connectivity index (χ1n) is 11.1. The zero-order valence-corrected chi connectivity index (χ0v) is 18.7. The highest BCUT2D eigenvalue weighted by Crippen LogP contribution is 2.26. The molecule has 1 N–H and O–H groups in total. The molecule has 3 atom stereocenters. The van der Waals surface area contributed by atoms with Crippen LogP contribution < -0.4 is 0 Å². The Kier molecular flexibility index (Phi) is 7.91. The van der Waals surface area contributed by atoms with Crippen molar-refractivity contribution in [1.29, 1.82) is 0 Å². The highest BCUT2D eigenvalue weighted by atomic mass is 16.6. The highest BCUT2D eigenvalue weighted by molar-refractivity contribution is 5.83. The Morgan fingerprint density at radius 1 is 0.735 bits per heavy atom. The van der Waals surface area contributed by atoms with E-state index in [4.69, 9.17) is 14.2 Å². The van der Waals surface area contributed by atoms with Gasteiger partial charge in [0.2, 0.25) is 0 Å². The summed E-state index contributed by atoms with van der Waals surface area (Å²) >= 11 is 0. The van der Waals surface area contributed by atoms with Gasteiger partial charge in [0.1, 0.15) is 25.4 Å². The van der Waals surface area contributed by atoms with Crippen LogP contribution in [0.25, 0.3) is 0 Å². The van der Waals surface area contributed by atoms with Gasteiger partial charge in [0.05, 0.1) is 13.2 Å². The van der Waals surface area contributed by atoms with E-state index in [2.05, 4.69) is 0 Å². The van der Waals surface area contributed by atoms with Gasteiger partial charge in [0, 0.05) is 0 Å². The van der Waals surface area contributed by atoms with Crippen LogP contribution in [0, 0.1) is 0 Å². The fraction of sp³-hybridized carbons (Fsp3) is 0.259. The Morgan fingerprint density at radius 2 is 1.21 bits per heavy atom. The zero-order chi connectivity index (χ0) is 23.8. The van der Waals surface area contributed by atoms with Gasteiger partial charge in [-0.05, 0) is 16.7 Å². The summed E-state index contributed by atoms with van der Waals surface area (Å²) in [5.74, 6) is -0.657. The number of hydrogen-bond donors (Lipinski definition) is 1. The number of rotatable bonds is 8. The molecule has 0 saturated carbocycles. The van der Waals surface area contributed by atoms with E-state index in [0.29, 0.717) is 0 Å². The molecule has 0 bridgehead atoms. The molecule has 3 aromatic carbocycles. The van der Waals surface area contributed by atoms with Crippen LogP contribution in [0.3, 0.4) is 0 Å². The Bertz CT molecular complexity index is 1060. The standard InChI is InChI=1S/C27H27NO6/c29-23-16-28(27(31)34-19-22-14-8-3-9-15-22)24(25(23)32-17-20-10-4-1-5-11-20)26(30)33-18-21-12-6-2-7-13-21/h1-15,23-25,29H,16-19H2/t23?,24-,25?/m0/s1. The van der Waals surface area contributed by atoms with E-state index in [1.54, 1.807) is 0 Å². The van der Waals surface area contributed by atoms with Crippen molar-refractivity contribution < 1.29 is 28.9 Å². The van der Waals surface area contributed by atoms with Crippen molar-refractivity contribution in [3.63, 3.8) is 0 Å². The number of carbonyl (C=O) groups is 2. The highest BCUT2D eigenvalue weighted by Gasteiger charge is 2.50. The van der Waals surface area contributed by atoms with Crippen LogP contribution in [0.5, 0.6) is 0 Å². The maximum atomic E-state index is 13.1. The quantitative estimate of drug-likeness (QED) is 0.515. The molecule has 7 heteroatoms. The summed E-state index contributed by atoms with van der Waals surface area (Å²) in [6.45, 7) is 0.175. The van der Waals surface area contributed by atoms with Crippen LogP contribution in [0.15, 0.2) is 91.0 Å². The van der Waals surface area contributed by atoms with E-state index < -0.39 is 30.3 Å². The van der Waals surface area contributed by atoms with E-state index in [1.807, 2.05) is 91.0 Å². The van der Waals surface area contributed by atoms with E-state index in [0.717, 1.165) is 16.7 Å². The van der Waals surface area contributed by atoms with Gasteiger partial charge in [-0.15, -0.1) is 0 Å². The van der Waals surface area contributed by atoms with Gasteiger partial charge in [0.15, 0.2) is 6.04 Å². The number of carbonyl (C=O) groups excluding carboxylic acids is 2. The van der Waals surface area contributed by atoms with E-state index >= 15 is 0 Å². The second-order valence-corrected chi connectivity index (χ2v) is 8.06. The third kappa shape index (κ3) is 6.01. The van der Waals surface area contributed by atoms with Crippen molar-refractivity contribution in [3.8, 4) is 0 Å². The molecular weight excluding hydrogens is 434 g/mol. The van der Waals surface area contributed by atoms with Crippen molar-refractivity contribution in [2.24, 2.45) is 0 Å². The van der Waals surface area contributed by atoms with Crippen LogP contribution in [-0.2, 0) is 38.8 Å². The molecule has 1 heterocycles. The first-order chi connectivity index (χ1) is 16.6. The molecule has 1 aliphatic heterocycles. The van der Waals surface area contributed by atoms with Crippen LogP contribution in [0.4, 0.5) is 4.79 Å². The SMILES string of the molecule is O=C(OCc1ccccc1)[C@@H]1C(OCc2ccccc2)C(O)CN1C(=O)OCc1ccccc1. The number of β-amino-alcohol motifs (C(OH)–C–C–N with tert-alkyl or cyclic N) is 1. The number of ether oxygens (including phenoxy) is 3. The van der Waals surface area contributed by atoms with E-state index in [9.17, 15) is 14.7 Å². The summed E-state index contributed by atoms with van der Waals surface area (Å²) < 4.78 is 16.9. The fourth-order valence-corrected chi connectivity index (χ4v) is 3.84. The number of amides is 1. The predicted molar refractivity (Wildman–Crippen MR) is 124 cm³/mol. The molecule has 4 rings (SSSR count). The summed E-state index contributed by atoms with van der Waals surface area (Å²) in [6.07, 6.45) is -2.73. The first kappa shape index (κ1) is 23.5. The average Bonchev–Trinajstić information content (AvgIpc) is 3.22. The topological polar surface area (TPSA) is 85.3 Å². The molecule has 3 aromatic rings. The van der Waals surface area contributed by atoms with Crippen LogP contribution in [0.1, 0.15) is 16.7 Å². The Morgan fingerprint density at radius 3 is 1.74 bits per heavy atom. The second-order valence-electron chi connectivity index (χ2n) is 8.06. The Labute approximate surface area is 198 Å². The summed E-state index contributed by atoms with van der Waals surface area (Å²) in [4.78, 5) is 27.2. The minimum atomic E-state index is -1.13. The van der Waals surface area contributed by atoms with Gasteiger partial charge in [-0.1, -0.05) is 91.0 Å². The minimum absolute atomic E-state index is 0.0462. The van der Waals surface area contributed by atoms with Gasteiger partial charge >= 0.3 is 12.1 Å². The van der Waals surface area contributed by atoms with Crippen LogP contribution >= 0.6 is 0 Å². The van der Waals surface area contributed by atoms with E-state index in [1.165, 1.54) is 4.90 Å². The molecule has 0 aliphatic carbocycles. The number of aliphatic hydroxyl groups excluding tert-OH is 1. The van der Waals surface area contributed by atoms with Crippen molar-refractivity contribution in [1.82, 2.24) is 4.90 Å². The lowest BCUT2D eigenvalue weighted by Gasteiger charge is -2.26. The summed E-state index contributed by atoms with van der Waals surface area (Å²) in [6, 6.07) is 26.8. The van der Waals surface area contributed by atoms with Crippen LogP contribution in [0.2, 0.25) is 0 Å². The lowest BCUT2D eigenvalue weighted by molar-refractivity contribution is -0.155. The van der Waals surface area contributed by atoms with Gasteiger partial charge in [-0.3, -0.25) is 4.90 Å². The third-order valence-electron chi connectivity index (χ3n) is 5.60. The van der Waals surface area contributed by atoms with Crippen molar-refractivity contribution >= 4 is 12.1 Å². The maximum absolute atomic E-state index is 13.1. The molecule has 0 radical (unpaired) electrons. The summed E-state index contributed by atoms with van der Waals surface area (Å²) in [7, 11) is 0. The van der Waals surface area contributed by atoms with Crippen molar-refractivity contribution in [2.75, 3.05) is 6.54 Å². The molecule has 1 saturated heterocycles. The van der Waals surface area contributed by atoms with E-state index in [-0.39, 0.29) is 26.4 Å². The normalized spacial score (nSPS) is 19.6. The van der Waals surface area contributed by atoms with Gasteiger partial charge in [-0.2, -0.15) is 0 Å². The number of benzene rings is 3. The molecule has 176 valence electrons. The smallest absolute Gasteiger partial charge is 0.411 e. The largest absolute Gasteiger partial charge is 0.459 e. The molecule has 1 aliphatic rings. The first-order valence-corrected chi connectivity index (χ1v) is 11.1. The summed E-state index contributed by atoms with van der Waals surface area (Å²) in [5, 5.41) is 10.7. The Hall–Kier alpha value is -3.68. The molecule has 2 unspecified atom stereocenters. The number of aliphatic hydroxyl groups is 1. The molecule has 34 heavy (non-hydrogen) atoms. The van der Waals surface area contributed by atoms with Gasteiger partial charge < -0.3 is 19.3 Å². The zero-order valence-electron chi connectivity index (χ0n) is 18.7. The number of likely N-dealkylation sites (tertiary alicyclic amines) is 1. The second kappa shape index (κ2) is 11.4. The fourth-order valence-electron chi connectivity index (χ4n) is 3.84. The van der Waals surface area contributed by atoms with Crippen molar-refractivity contribution in [3.05, 3.63) is 108 Å². The average molecular weight is 462 g/mol. The van der Waals surface area contributed by atoms with Gasteiger partial charge in [-0.25, -0.2) is 9.59 Å².